The maximum Gasteiger partial charge on any atom is 0.244 e. The number of anilines is 1. The lowest BCUT2D eigenvalue weighted by Gasteiger charge is -2.22. The van der Waals surface area contributed by atoms with Crippen LogP contribution in [0.15, 0.2) is 23.6 Å². The summed E-state index contributed by atoms with van der Waals surface area (Å²) in [4.78, 5) is 17.2. The second-order valence-electron chi connectivity index (χ2n) is 6.68. The third kappa shape index (κ3) is 4.71. The molecule has 8 nitrogen and oxygen atoms in total. The van der Waals surface area contributed by atoms with Crippen molar-refractivity contribution in [2.45, 2.75) is 32.2 Å². The van der Waals surface area contributed by atoms with Crippen LogP contribution in [0.5, 0.6) is 11.5 Å². The standard InChI is InChI=1S/C19H25N3O5S2/c1-4-10-29(24,25)22-9-5-6-16(22)18(23)21-19-20-15(12-28-19)14-11-13(26-2)7-8-17(14)27-3/h7-8,11-12,16H,4-6,9-10H2,1-3H3,(H,20,21,23). The molecule has 1 saturated heterocycles. The minimum Gasteiger partial charge on any atom is -0.497 e. The largest absolute Gasteiger partial charge is 0.497 e. The zero-order chi connectivity index (χ0) is 21.0. The second-order valence-corrected chi connectivity index (χ2v) is 9.58. The summed E-state index contributed by atoms with van der Waals surface area (Å²) in [7, 11) is -0.269. The second kappa shape index (κ2) is 9.10. The van der Waals surface area contributed by atoms with Crippen LogP contribution < -0.4 is 14.8 Å². The third-order valence-electron chi connectivity index (χ3n) is 4.74. The molecule has 1 atom stereocenters. The number of hydrogen-bond donors (Lipinski definition) is 1. The highest BCUT2D eigenvalue weighted by atomic mass is 32.2. The monoisotopic (exact) mass is 439 g/mol. The van der Waals surface area contributed by atoms with Crippen LogP contribution in [0.1, 0.15) is 26.2 Å². The van der Waals surface area contributed by atoms with Gasteiger partial charge in [0, 0.05) is 17.5 Å². The predicted octanol–water partition coefficient (Wildman–Crippen LogP) is 2.97. The molecule has 1 N–H and O–H groups in total. The number of carbonyl (C=O) groups is 1. The smallest absolute Gasteiger partial charge is 0.244 e. The Balaban J connectivity index is 1.78. The SMILES string of the molecule is CCCS(=O)(=O)N1CCCC1C(=O)Nc1nc(-c2cc(OC)ccc2OC)cs1. The van der Waals surface area contributed by atoms with E-state index in [0.717, 1.165) is 5.56 Å². The average Bonchev–Trinajstić information content (AvgIpc) is 3.37. The first-order valence-corrected chi connectivity index (χ1v) is 11.9. The predicted molar refractivity (Wildman–Crippen MR) is 113 cm³/mol. The van der Waals surface area contributed by atoms with Crippen LogP contribution in [-0.2, 0) is 14.8 Å². The molecule has 1 amide bonds. The molecule has 1 aliphatic heterocycles. The molecule has 1 aromatic heterocycles. The summed E-state index contributed by atoms with van der Waals surface area (Å²) in [5.41, 5.74) is 1.39. The summed E-state index contributed by atoms with van der Waals surface area (Å²) < 4.78 is 36.8. The number of nitrogens with zero attached hydrogens (tertiary/aromatic N) is 2. The normalized spacial score (nSPS) is 17.3. The molecule has 2 heterocycles. The topological polar surface area (TPSA) is 97.8 Å². The fourth-order valence-corrected chi connectivity index (χ4v) is 5.83. The number of amides is 1. The van der Waals surface area contributed by atoms with Crippen molar-refractivity contribution in [3.05, 3.63) is 23.6 Å². The molecule has 10 heteroatoms. The molecule has 158 valence electrons. The quantitative estimate of drug-likeness (QED) is 0.679. The minimum atomic E-state index is -3.43. The highest BCUT2D eigenvalue weighted by molar-refractivity contribution is 7.89. The van der Waals surface area contributed by atoms with E-state index in [1.165, 1.54) is 15.6 Å². The van der Waals surface area contributed by atoms with Crippen LogP contribution >= 0.6 is 11.3 Å². The van der Waals surface area contributed by atoms with Crippen LogP contribution in [-0.4, -0.2) is 56.2 Å². The van der Waals surface area contributed by atoms with Gasteiger partial charge in [-0.1, -0.05) is 6.92 Å². The Labute approximate surface area is 174 Å². The van der Waals surface area contributed by atoms with Gasteiger partial charge < -0.3 is 14.8 Å². The van der Waals surface area contributed by atoms with Gasteiger partial charge in [0.1, 0.15) is 17.5 Å². The number of aromatic nitrogens is 1. The minimum absolute atomic E-state index is 0.0494. The van der Waals surface area contributed by atoms with Crippen molar-refractivity contribution in [1.29, 1.82) is 0 Å². The Kier molecular flexibility index (Phi) is 6.76. The number of carbonyl (C=O) groups excluding carboxylic acids is 1. The van der Waals surface area contributed by atoms with Crippen molar-refractivity contribution in [3.8, 4) is 22.8 Å². The van der Waals surface area contributed by atoms with Gasteiger partial charge in [-0.15, -0.1) is 11.3 Å². The summed E-state index contributed by atoms with van der Waals surface area (Å²) in [6, 6.07) is 4.71. The summed E-state index contributed by atoms with van der Waals surface area (Å²) in [6.45, 7) is 2.19. The van der Waals surface area contributed by atoms with E-state index in [9.17, 15) is 13.2 Å². The molecule has 1 fully saturated rings. The van der Waals surface area contributed by atoms with Crippen LogP contribution in [0.25, 0.3) is 11.3 Å². The maximum atomic E-state index is 12.8. The number of benzene rings is 1. The van der Waals surface area contributed by atoms with E-state index in [-0.39, 0.29) is 11.7 Å². The highest BCUT2D eigenvalue weighted by Gasteiger charge is 2.38. The lowest BCUT2D eigenvalue weighted by Crippen LogP contribution is -2.44. The molecule has 1 aromatic carbocycles. The van der Waals surface area contributed by atoms with Gasteiger partial charge in [0.2, 0.25) is 15.9 Å². The Morgan fingerprint density at radius 3 is 2.83 bits per heavy atom. The summed E-state index contributed by atoms with van der Waals surface area (Å²) in [5, 5.41) is 5.00. The lowest BCUT2D eigenvalue weighted by atomic mass is 10.1. The maximum absolute atomic E-state index is 12.8. The van der Waals surface area contributed by atoms with E-state index in [0.29, 0.717) is 48.1 Å². The summed E-state index contributed by atoms with van der Waals surface area (Å²) in [5.74, 6) is 1.01. The van der Waals surface area contributed by atoms with E-state index < -0.39 is 16.1 Å². The van der Waals surface area contributed by atoms with Crippen molar-refractivity contribution in [2.75, 3.05) is 31.8 Å². The molecule has 1 unspecified atom stereocenters. The fourth-order valence-electron chi connectivity index (χ4n) is 3.37. The molecule has 0 spiro atoms. The molecular weight excluding hydrogens is 414 g/mol. The fraction of sp³-hybridized carbons (Fsp3) is 0.474. The van der Waals surface area contributed by atoms with E-state index >= 15 is 0 Å². The summed E-state index contributed by atoms with van der Waals surface area (Å²) in [6.07, 6.45) is 1.70. The summed E-state index contributed by atoms with van der Waals surface area (Å²) >= 11 is 1.28. The molecule has 0 aliphatic carbocycles. The van der Waals surface area contributed by atoms with Crippen LogP contribution in [0.4, 0.5) is 5.13 Å². The first kappa shape index (κ1) is 21.5. The van der Waals surface area contributed by atoms with Gasteiger partial charge in [-0.05, 0) is 37.5 Å². The number of sulfonamides is 1. The number of ether oxygens (including phenoxy) is 2. The zero-order valence-corrected chi connectivity index (χ0v) is 18.3. The number of thiazole rings is 1. The van der Waals surface area contributed by atoms with Gasteiger partial charge in [-0.3, -0.25) is 4.79 Å². The third-order valence-corrected chi connectivity index (χ3v) is 7.58. The molecule has 0 saturated carbocycles. The first-order valence-electron chi connectivity index (χ1n) is 9.38. The zero-order valence-electron chi connectivity index (χ0n) is 16.7. The number of methoxy groups -OCH3 is 2. The van der Waals surface area contributed by atoms with Crippen LogP contribution in [0, 0.1) is 0 Å². The Morgan fingerprint density at radius 1 is 1.34 bits per heavy atom. The van der Waals surface area contributed by atoms with Gasteiger partial charge in [0.15, 0.2) is 5.13 Å². The van der Waals surface area contributed by atoms with Crippen molar-refractivity contribution >= 4 is 32.4 Å². The van der Waals surface area contributed by atoms with E-state index in [4.69, 9.17) is 9.47 Å². The van der Waals surface area contributed by atoms with Gasteiger partial charge in [0.25, 0.3) is 0 Å². The number of nitrogens with one attached hydrogen (secondary N) is 1. The van der Waals surface area contributed by atoms with Crippen LogP contribution in [0.3, 0.4) is 0 Å². The molecule has 2 aromatic rings. The van der Waals surface area contributed by atoms with Gasteiger partial charge in [-0.25, -0.2) is 13.4 Å². The molecule has 0 bridgehead atoms. The molecular formula is C19H25N3O5S2. The number of hydrogen-bond acceptors (Lipinski definition) is 7. The molecule has 3 rings (SSSR count). The van der Waals surface area contributed by atoms with Crippen molar-refractivity contribution in [1.82, 2.24) is 9.29 Å². The van der Waals surface area contributed by atoms with Crippen molar-refractivity contribution < 1.29 is 22.7 Å². The molecule has 0 radical (unpaired) electrons. The Hall–Kier alpha value is -2.17. The average molecular weight is 440 g/mol. The van der Waals surface area contributed by atoms with Crippen molar-refractivity contribution in [3.63, 3.8) is 0 Å². The van der Waals surface area contributed by atoms with E-state index in [1.807, 2.05) is 18.4 Å². The van der Waals surface area contributed by atoms with Crippen molar-refractivity contribution in [2.24, 2.45) is 0 Å². The van der Waals surface area contributed by atoms with Gasteiger partial charge >= 0.3 is 0 Å². The number of rotatable bonds is 8. The lowest BCUT2D eigenvalue weighted by molar-refractivity contribution is -0.119. The Morgan fingerprint density at radius 2 is 2.14 bits per heavy atom. The van der Waals surface area contributed by atoms with E-state index in [2.05, 4.69) is 10.3 Å². The van der Waals surface area contributed by atoms with E-state index in [1.54, 1.807) is 26.4 Å². The first-order chi connectivity index (χ1) is 13.9. The molecule has 1 aliphatic rings. The van der Waals surface area contributed by atoms with Gasteiger partial charge in [-0.2, -0.15) is 4.31 Å². The van der Waals surface area contributed by atoms with Gasteiger partial charge in [0.05, 0.1) is 25.7 Å². The molecule has 29 heavy (non-hydrogen) atoms. The highest BCUT2D eigenvalue weighted by Crippen LogP contribution is 2.35. The van der Waals surface area contributed by atoms with Crippen LogP contribution in [0.2, 0.25) is 0 Å². The Bertz CT molecular complexity index is 974.